The zero-order valence-corrected chi connectivity index (χ0v) is 14.4. The minimum Gasteiger partial charge on any atom is -0.453 e. The molecule has 6 heteroatoms. The first-order valence-electron chi connectivity index (χ1n) is 7.76. The van der Waals surface area contributed by atoms with Gasteiger partial charge in [-0.15, -0.1) is 0 Å². The summed E-state index contributed by atoms with van der Waals surface area (Å²) < 4.78 is 18.4. The monoisotopic (exact) mass is 352 g/mol. The minimum absolute atomic E-state index is 0.165. The summed E-state index contributed by atoms with van der Waals surface area (Å²) in [4.78, 5) is 25.8. The molecule has 0 aliphatic carbocycles. The lowest BCUT2D eigenvalue weighted by Gasteiger charge is -2.11. The average Bonchev–Trinajstić information content (AvgIpc) is 2.64. The highest BCUT2D eigenvalue weighted by Crippen LogP contribution is 2.15. The number of hydrogen-bond donors (Lipinski definition) is 0. The molecule has 0 spiro atoms. The smallest absolute Gasteiger partial charge is 0.349 e. The van der Waals surface area contributed by atoms with Crippen LogP contribution in [0.1, 0.15) is 15.9 Å². The number of esters is 1. The number of Topliss-reactive ketones (excluding diaryl/α,β-unsaturated/α-hetero) is 1. The standard InChI is InChI=1S/C20H17FN2O3/c1-23(2)16-9-7-14(8-10-16)11-15(12-22)20(25)26-13-19(24)17-5-3-4-6-18(17)21/h3-11H,13H2,1-2H3/b15-11+. The predicted molar refractivity (Wildman–Crippen MR) is 96.0 cm³/mol. The molecule has 0 aliphatic heterocycles. The summed E-state index contributed by atoms with van der Waals surface area (Å²) >= 11 is 0. The van der Waals surface area contributed by atoms with Gasteiger partial charge in [-0.2, -0.15) is 5.26 Å². The van der Waals surface area contributed by atoms with Gasteiger partial charge in [-0.3, -0.25) is 4.79 Å². The molecule has 132 valence electrons. The van der Waals surface area contributed by atoms with Crippen LogP contribution in [-0.4, -0.2) is 32.5 Å². The van der Waals surface area contributed by atoms with Crippen LogP contribution in [0.3, 0.4) is 0 Å². The number of nitrogens with zero attached hydrogens (tertiary/aromatic N) is 2. The number of hydrogen-bond acceptors (Lipinski definition) is 5. The molecule has 0 heterocycles. The van der Waals surface area contributed by atoms with Crippen LogP contribution in [-0.2, 0) is 9.53 Å². The zero-order valence-electron chi connectivity index (χ0n) is 14.4. The van der Waals surface area contributed by atoms with Gasteiger partial charge >= 0.3 is 5.97 Å². The molecule has 0 atom stereocenters. The molecule has 0 aliphatic rings. The van der Waals surface area contributed by atoms with Gasteiger partial charge in [0.05, 0.1) is 5.56 Å². The molecular weight excluding hydrogens is 335 g/mol. The van der Waals surface area contributed by atoms with E-state index in [4.69, 9.17) is 10.00 Å². The maximum Gasteiger partial charge on any atom is 0.349 e. The van der Waals surface area contributed by atoms with E-state index in [1.54, 1.807) is 18.2 Å². The molecule has 2 rings (SSSR count). The number of carbonyl (C=O) groups is 2. The van der Waals surface area contributed by atoms with Crippen molar-refractivity contribution in [3.05, 3.63) is 71.0 Å². The van der Waals surface area contributed by atoms with Crippen molar-refractivity contribution in [3.8, 4) is 6.07 Å². The lowest BCUT2D eigenvalue weighted by Crippen LogP contribution is -2.16. The van der Waals surface area contributed by atoms with Crippen LogP contribution in [0.15, 0.2) is 54.1 Å². The van der Waals surface area contributed by atoms with E-state index in [0.29, 0.717) is 5.56 Å². The van der Waals surface area contributed by atoms with Crippen molar-refractivity contribution in [2.24, 2.45) is 0 Å². The van der Waals surface area contributed by atoms with E-state index in [1.165, 1.54) is 24.3 Å². The van der Waals surface area contributed by atoms with Crippen LogP contribution >= 0.6 is 0 Å². The number of ketones is 1. The van der Waals surface area contributed by atoms with Crippen LogP contribution in [0.5, 0.6) is 0 Å². The maximum atomic E-state index is 13.5. The molecule has 0 bridgehead atoms. The molecule has 0 aromatic heterocycles. The molecule has 0 N–H and O–H groups in total. The van der Waals surface area contributed by atoms with E-state index in [9.17, 15) is 14.0 Å². The fraction of sp³-hybridized carbons (Fsp3) is 0.150. The molecule has 2 aromatic carbocycles. The van der Waals surface area contributed by atoms with Crippen molar-refractivity contribution in [1.29, 1.82) is 5.26 Å². The molecule has 0 unspecified atom stereocenters. The van der Waals surface area contributed by atoms with Crippen molar-refractivity contribution in [2.75, 3.05) is 25.6 Å². The van der Waals surface area contributed by atoms with E-state index >= 15 is 0 Å². The maximum absolute atomic E-state index is 13.5. The van der Waals surface area contributed by atoms with Crippen LogP contribution in [0.25, 0.3) is 6.08 Å². The Morgan fingerprint density at radius 1 is 1.15 bits per heavy atom. The Morgan fingerprint density at radius 2 is 1.81 bits per heavy atom. The minimum atomic E-state index is -0.936. The molecule has 5 nitrogen and oxygen atoms in total. The number of anilines is 1. The van der Waals surface area contributed by atoms with Gasteiger partial charge in [0.25, 0.3) is 0 Å². The first-order chi connectivity index (χ1) is 12.4. The van der Waals surface area contributed by atoms with Gasteiger partial charge in [-0.1, -0.05) is 24.3 Å². The van der Waals surface area contributed by atoms with Crippen LogP contribution in [0.2, 0.25) is 0 Å². The Bertz CT molecular complexity index is 881. The van der Waals surface area contributed by atoms with E-state index < -0.39 is 24.2 Å². The fourth-order valence-corrected chi connectivity index (χ4v) is 2.15. The second kappa shape index (κ2) is 8.58. The van der Waals surface area contributed by atoms with Crippen molar-refractivity contribution in [3.63, 3.8) is 0 Å². The van der Waals surface area contributed by atoms with Gasteiger partial charge in [0.1, 0.15) is 17.5 Å². The second-order valence-corrected chi connectivity index (χ2v) is 5.63. The van der Waals surface area contributed by atoms with Crippen LogP contribution < -0.4 is 4.90 Å². The largest absolute Gasteiger partial charge is 0.453 e. The highest BCUT2D eigenvalue weighted by atomic mass is 19.1. The summed E-state index contributed by atoms with van der Waals surface area (Å²) in [6.45, 7) is -0.641. The van der Waals surface area contributed by atoms with Gasteiger partial charge in [-0.05, 0) is 35.9 Å². The predicted octanol–water partition coefficient (Wildman–Crippen LogP) is 3.22. The van der Waals surface area contributed by atoms with Crippen LogP contribution in [0, 0.1) is 17.1 Å². The second-order valence-electron chi connectivity index (χ2n) is 5.63. The molecule has 0 radical (unpaired) electrons. The SMILES string of the molecule is CN(C)c1ccc(/C=C(\C#N)C(=O)OCC(=O)c2ccccc2F)cc1. The third-order valence-corrected chi connectivity index (χ3v) is 3.57. The quantitative estimate of drug-likeness (QED) is 0.345. The van der Waals surface area contributed by atoms with Crippen molar-refractivity contribution >= 4 is 23.5 Å². The summed E-state index contributed by atoms with van der Waals surface area (Å²) in [5.41, 5.74) is 1.20. The summed E-state index contributed by atoms with van der Waals surface area (Å²) in [5, 5.41) is 9.15. The van der Waals surface area contributed by atoms with Gasteiger partial charge in [0.2, 0.25) is 5.78 Å². The fourth-order valence-electron chi connectivity index (χ4n) is 2.15. The number of benzene rings is 2. The lowest BCUT2D eigenvalue weighted by atomic mass is 10.1. The summed E-state index contributed by atoms with van der Waals surface area (Å²) in [6.07, 6.45) is 1.37. The van der Waals surface area contributed by atoms with E-state index in [1.807, 2.05) is 31.1 Å². The molecule has 2 aromatic rings. The Morgan fingerprint density at radius 3 is 2.38 bits per heavy atom. The van der Waals surface area contributed by atoms with Crippen molar-refractivity contribution in [2.45, 2.75) is 0 Å². The summed E-state index contributed by atoms with van der Waals surface area (Å²) in [6, 6.07) is 14.4. The first kappa shape index (κ1) is 18.9. The highest BCUT2D eigenvalue weighted by molar-refractivity contribution is 6.02. The third kappa shape index (κ3) is 4.77. The van der Waals surface area contributed by atoms with Gasteiger partial charge in [0, 0.05) is 19.8 Å². The van der Waals surface area contributed by atoms with E-state index in [2.05, 4.69) is 0 Å². The molecule has 26 heavy (non-hydrogen) atoms. The number of rotatable bonds is 6. The third-order valence-electron chi connectivity index (χ3n) is 3.57. The van der Waals surface area contributed by atoms with Gasteiger partial charge in [0.15, 0.2) is 6.61 Å². The number of nitriles is 1. The first-order valence-corrected chi connectivity index (χ1v) is 7.76. The summed E-state index contributed by atoms with van der Waals surface area (Å²) in [5.74, 6) is -2.30. The Balaban J connectivity index is 2.05. The van der Waals surface area contributed by atoms with E-state index in [-0.39, 0.29) is 11.1 Å². The number of carbonyl (C=O) groups excluding carboxylic acids is 2. The molecule has 0 saturated heterocycles. The zero-order chi connectivity index (χ0) is 19.1. The molecule has 0 fully saturated rings. The Labute approximate surface area is 150 Å². The number of ether oxygens (including phenoxy) is 1. The van der Waals surface area contributed by atoms with Gasteiger partial charge < -0.3 is 9.64 Å². The van der Waals surface area contributed by atoms with Crippen molar-refractivity contribution in [1.82, 2.24) is 0 Å². The molecular formula is C20H17FN2O3. The van der Waals surface area contributed by atoms with Gasteiger partial charge in [-0.25, -0.2) is 9.18 Å². The summed E-state index contributed by atoms with van der Waals surface area (Å²) in [7, 11) is 3.80. The topological polar surface area (TPSA) is 70.4 Å². The normalized spacial score (nSPS) is 10.8. The molecule has 0 saturated carbocycles. The van der Waals surface area contributed by atoms with E-state index in [0.717, 1.165) is 11.8 Å². The molecule has 0 amide bonds. The number of halogens is 1. The average molecular weight is 352 g/mol. The Kier molecular flexibility index (Phi) is 6.23. The highest BCUT2D eigenvalue weighted by Gasteiger charge is 2.16. The van der Waals surface area contributed by atoms with Crippen LogP contribution in [0.4, 0.5) is 10.1 Å². The Hall–Kier alpha value is -3.46. The van der Waals surface area contributed by atoms with Crippen molar-refractivity contribution < 1.29 is 18.7 Å². The lowest BCUT2D eigenvalue weighted by molar-refractivity contribution is -0.137.